The Balaban J connectivity index is 2.42. The molecule has 1 aromatic carbocycles. The summed E-state index contributed by atoms with van der Waals surface area (Å²) >= 11 is 1.83. The summed E-state index contributed by atoms with van der Waals surface area (Å²) in [6.45, 7) is 4.94. The zero-order valence-corrected chi connectivity index (χ0v) is 10.7. The molecule has 0 fully saturated rings. The normalized spacial score (nSPS) is 10.7. The van der Waals surface area contributed by atoms with Crippen LogP contribution < -0.4 is 0 Å². The maximum Gasteiger partial charge on any atom is 0.0727 e. The van der Waals surface area contributed by atoms with Crippen LogP contribution in [0.25, 0.3) is 10.4 Å². The van der Waals surface area contributed by atoms with Gasteiger partial charge in [0.1, 0.15) is 0 Å². The number of benzene rings is 1. The van der Waals surface area contributed by atoms with Crippen LogP contribution in [0.5, 0.6) is 0 Å². The van der Waals surface area contributed by atoms with Crippen molar-refractivity contribution in [3.8, 4) is 10.4 Å². The number of methoxy groups -OCH3 is 1. The van der Waals surface area contributed by atoms with Gasteiger partial charge in [0.05, 0.1) is 6.61 Å². The van der Waals surface area contributed by atoms with Crippen LogP contribution in [0.4, 0.5) is 0 Å². The molecule has 0 bridgehead atoms. The fourth-order valence-electron chi connectivity index (χ4n) is 1.78. The number of rotatable bonds is 3. The molecule has 0 saturated carbocycles. The van der Waals surface area contributed by atoms with Crippen LogP contribution in [0.3, 0.4) is 0 Å². The molecule has 0 atom stereocenters. The van der Waals surface area contributed by atoms with Crippen molar-refractivity contribution in [3.05, 3.63) is 46.3 Å². The first-order chi connectivity index (χ1) is 7.70. The van der Waals surface area contributed by atoms with E-state index in [0.717, 1.165) is 0 Å². The molecule has 0 aliphatic carbocycles. The van der Waals surface area contributed by atoms with E-state index >= 15 is 0 Å². The summed E-state index contributed by atoms with van der Waals surface area (Å²) in [6.07, 6.45) is 0. The second kappa shape index (κ2) is 4.81. The summed E-state index contributed by atoms with van der Waals surface area (Å²) in [6, 6.07) is 10.9. The van der Waals surface area contributed by atoms with E-state index in [1.165, 1.54) is 26.4 Å². The van der Waals surface area contributed by atoms with Gasteiger partial charge in [-0.3, -0.25) is 0 Å². The van der Waals surface area contributed by atoms with Gasteiger partial charge in [-0.1, -0.05) is 29.8 Å². The van der Waals surface area contributed by atoms with Gasteiger partial charge in [-0.05, 0) is 31.0 Å². The highest BCUT2D eigenvalue weighted by Crippen LogP contribution is 2.33. The molecule has 0 N–H and O–H groups in total. The summed E-state index contributed by atoms with van der Waals surface area (Å²) < 4.78 is 5.23. The van der Waals surface area contributed by atoms with E-state index in [1.807, 2.05) is 11.3 Å². The van der Waals surface area contributed by atoms with Crippen molar-refractivity contribution in [1.29, 1.82) is 0 Å². The highest BCUT2D eigenvalue weighted by Gasteiger charge is 2.08. The van der Waals surface area contributed by atoms with Gasteiger partial charge in [0.15, 0.2) is 0 Å². The standard InChI is InChI=1S/C14H16OS/c1-10-4-6-12(7-5-10)14-13(9-15-3)8-11(2)16-14/h4-8H,9H2,1-3H3. The van der Waals surface area contributed by atoms with E-state index in [2.05, 4.69) is 44.2 Å². The molecule has 1 aromatic heterocycles. The van der Waals surface area contributed by atoms with E-state index in [9.17, 15) is 0 Å². The molecule has 0 spiro atoms. The third-order valence-electron chi connectivity index (χ3n) is 2.55. The molecule has 0 aliphatic rings. The van der Waals surface area contributed by atoms with E-state index in [4.69, 9.17) is 4.74 Å². The van der Waals surface area contributed by atoms with E-state index in [1.54, 1.807) is 7.11 Å². The van der Waals surface area contributed by atoms with E-state index < -0.39 is 0 Å². The summed E-state index contributed by atoms with van der Waals surface area (Å²) in [5.41, 5.74) is 3.87. The Labute approximate surface area is 101 Å². The quantitative estimate of drug-likeness (QED) is 0.771. The minimum atomic E-state index is 0.688. The van der Waals surface area contributed by atoms with Crippen LogP contribution in [-0.2, 0) is 11.3 Å². The van der Waals surface area contributed by atoms with Gasteiger partial charge >= 0.3 is 0 Å². The first kappa shape index (κ1) is 11.4. The Bertz CT molecular complexity index is 468. The lowest BCUT2D eigenvalue weighted by Gasteiger charge is -2.03. The van der Waals surface area contributed by atoms with Crippen LogP contribution in [0.2, 0.25) is 0 Å². The number of hydrogen-bond donors (Lipinski definition) is 0. The van der Waals surface area contributed by atoms with Crippen LogP contribution in [-0.4, -0.2) is 7.11 Å². The molecule has 16 heavy (non-hydrogen) atoms. The van der Waals surface area contributed by atoms with Crippen molar-refractivity contribution in [2.24, 2.45) is 0 Å². The Morgan fingerprint density at radius 3 is 2.44 bits per heavy atom. The molecule has 0 saturated heterocycles. The predicted molar refractivity (Wildman–Crippen MR) is 69.9 cm³/mol. The molecule has 2 heteroatoms. The Morgan fingerprint density at radius 1 is 1.12 bits per heavy atom. The fraction of sp³-hybridized carbons (Fsp3) is 0.286. The summed E-state index contributed by atoms with van der Waals surface area (Å²) in [4.78, 5) is 2.67. The van der Waals surface area contributed by atoms with Gasteiger partial charge in [0.25, 0.3) is 0 Å². The first-order valence-corrected chi connectivity index (χ1v) is 6.17. The number of ether oxygens (including phenoxy) is 1. The highest BCUT2D eigenvalue weighted by atomic mass is 32.1. The van der Waals surface area contributed by atoms with Gasteiger partial charge in [0, 0.05) is 16.9 Å². The Kier molecular flexibility index (Phi) is 3.42. The van der Waals surface area contributed by atoms with Gasteiger partial charge in [0.2, 0.25) is 0 Å². The molecule has 0 radical (unpaired) electrons. The SMILES string of the molecule is COCc1cc(C)sc1-c1ccc(C)cc1. The van der Waals surface area contributed by atoms with Gasteiger partial charge in [-0.2, -0.15) is 0 Å². The monoisotopic (exact) mass is 232 g/mol. The largest absolute Gasteiger partial charge is 0.380 e. The van der Waals surface area contributed by atoms with Crippen molar-refractivity contribution < 1.29 is 4.74 Å². The number of thiophene rings is 1. The zero-order valence-electron chi connectivity index (χ0n) is 9.91. The van der Waals surface area contributed by atoms with E-state index in [-0.39, 0.29) is 0 Å². The average molecular weight is 232 g/mol. The van der Waals surface area contributed by atoms with Crippen molar-refractivity contribution >= 4 is 11.3 Å². The van der Waals surface area contributed by atoms with E-state index in [0.29, 0.717) is 6.61 Å². The molecule has 0 amide bonds. The third kappa shape index (κ3) is 2.34. The van der Waals surface area contributed by atoms with Crippen LogP contribution in [0, 0.1) is 13.8 Å². The molecule has 0 aliphatic heterocycles. The lowest BCUT2D eigenvalue weighted by molar-refractivity contribution is 0.185. The van der Waals surface area contributed by atoms with Crippen LogP contribution in [0.15, 0.2) is 30.3 Å². The van der Waals surface area contributed by atoms with Crippen molar-refractivity contribution in [2.75, 3.05) is 7.11 Å². The summed E-state index contributed by atoms with van der Waals surface area (Å²) in [7, 11) is 1.74. The molecule has 0 unspecified atom stereocenters. The zero-order chi connectivity index (χ0) is 11.5. The topological polar surface area (TPSA) is 9.23 Å². The van der Waals surface area contributed by atoms with Gasteiger partial charge in [-0.25, -0.2) is 0 Å². The third-order valence-corrected chi connectivity index (χ3v) is 3.69. The van der Waals surface area contributed by atoms with Crippen molar-refractivity contribution in [2.45, 2.75) is 20.5 Å². The van der Waals surface area contributed by atoms with Crippen LogP contribution in [0.1, 0.15) is 16.0 Å². The molecule has 1 nitrogen and oxygen atoms in total. The molecular formula is C14H16OS. The smallest absolute Gasteiger partial charge is 0.0727 e. The van der Waals surface area contributed by atoms with Crippen molar-refractivity contribution in [3.63, 3.8) is 0 Å². The van der Waals surface area contributed by atoms with Crippen molar-refractivity contribution in [1.82, 2.24) is 0 Å². The minimum absolute atomic E-state index is 0.688. The number of hydrogen-bond acceptors (Lipinski definition) is 2. The van der Waals surface area contributed by atoms with Crippen LogP contribution >= 0.6 is 11.3 Å². The highest BCUT2D eigenvalue weighted by molar-refractivity contribution is 7.15. The lowest BCUT2D eigenvalue weighted by Crippen LogP contribution is -1.87. The maximum atomic E-state index is 5.23. The Hall–Kier alpha value is -1.12. The molecular weight excluding hydrogens is 216 g/mol. The lowest BCUT2D eigenvalue weighted by atomic mass is 10.1. The molecule has 84 valence electrons. The molecule has 2 rings (SSSR count). The summed E-state index contributed by atoms with van der Waals surface area (Å²) in [5, 5.41) is 0. The minimum Gasteiger partial charge on any atom is -0.380 e. The van der Waals surface area contributed by atoms with Gasteiger partial charge < -0.3 is 4.74 Å². The number of aryl methyl sites for hydroxylation is 2. The van der Waals surface area contributed by atoms with Gasteiger partial charge in [-0.15, -0.1) is 11.3 Å². The average Bonchev–Trinajstić information content (AvgIpc) is 2.61. The second-order valence-electron chi connectivity index (χ2n) is 4.01. The predicted octanol–water partition coefficient (Wildman–Crippen LogP) is 4.18. The Morgan fingerprint density at radius 2 is 1.81 bits per heavy atom. The maximum absolute atomic E-state index is 5.23. The summed E-state index contributed by atoms with van der Waals surface area (Å²) in [5.74, 6) is 0. The molecule has 2 aromatic rings. The first-order valence-electron chi connectivity index (χ1n) is 5.36. The second-order valence-corrected chi connectivity index (χ2v) is 5.27. The fourth-order valence-corrected chi connectivity index (χ4v) is 2.80. The molecule has 1 heterocycles.